The Kier molecular flexibility index (Phi) is 4.18. The van der Waals surface area contributed by atoms with Gasteiger partial charge in [-0.25, -0.2) is 0 Å². The molecule has 2 heterocycles. The lowest BCUT2D eigenvalue weighted by Crippen LogP contribution is -2.36. The van der Waals surface area contributed by atoms with Crippen molar-refractivity contribution in [3.8, 4) is 0 Å². The maximum absolute atomic E-state index is 11.8. The Bertz CT molecular complexity index is 239. The van der Waals surface area contributed by atoms with Crippen LogP contribution in [0.1, 0.15) is 32.6 Å². The van der Waals surface area contributed by atoms with Gasteiger partial charge < -0.3 is 15.4 Å². The highest BCUT2D eigenvalue weighted by molar-refractivity contribution is 5.79. The van der Waals surface area contributed by atoms with Gasteiger partial charge in [0, 0.05) is 19.2 Å². The van der Waals surface area contributed by atoms with Gasteiger partial charge in [0.1, 0.15) is 0 Å². The molecule has 0 bridgehead atoms. The molecule has 0 aromatic rings. The first kappa shape index (κ1) is 11.9. The molecule has 0 aliphatic carbocycles. The zero-order valence-corrected chi connectivity index (χ0v) is 10.00. The number of carbonyl (C=O) groups is 1. The first-order valence-electron chi connectivity index (χ1n) is 6.40. The number of nitrogens with one attached hydrogen (secondary N) is 2. The predicted molar refractivity (Wildman–Crippen MR) is 62.2 cm³/mol. The van der Waals surface area contributed by atoms with Gasteiger partial charge in [-0.3, -0.25) is 4.79 Å². The molecular weight excluding hydrogens is 204 g/mol. The summed E-state index contributed by atoms with van der Waals surface area (Å²) in [4.78, 5) is 11.8. The average Bonchev–Trinajstić information content (AvgIpc) is 2.88. The fourth-order valence-corrected chi connectivity index (χ4v) is 2.58. The lowest BCUT2D eigenvalue weighted by Gasteiger charge is -2.15. The van der Waals surface area contributed by atoms with Crippen molar-refractivity contribution in [3.63, 3.8) is 0 Å². The summed E-state index contributed by atoms with van der Waals surface area (Å²) < 4.78 is 5.39. The monoisotopic (exact) mass is 226 g/mol. The minimum atomic E-state index is 0.0662. The van der Waals surface area contributed by atoms with Crippen LogP contribution in [0.25, 0.3) is 0 Å². The summed E-state index contributed by atoms with van der Waals surface area (Å²) in [6.07, 6.45) is 4.53. The lowest BCUT2D eigenvalue weighted by molar-refractivity contribution is -0.126. The van der Waals surface area contributed by atoms with Crippen LogP contribution in [0.3, 0.4) is 0 Å². The zero-order chi connectivity index (χ0) is 11.4. The molecule has 1 amide bonds. The fraction of sp³-hybridized carbons (Fsp3) is 0.917. The van der Waals surface area contributed by atoms with E-state index in [1.807, 2.05) is 6.92 Å². The Labute approximate surface area is 97.1 Å². The Morgan fingerprint density at radius 3 is 3.00 bits per heavy atom. The van der Waals surface area contributed by atoms with Gasteiger partial charge in [0.05, 0.1) is 12.0 Å². The van der Waals surface area contributed by atoms with Crippen molar-refractivity contribution in [1.82, 2.24) is 10.6 Å². The maximum Gasteiger partial charge on any atom is 0.225 e. The number of amides is 1. The van der Waals surface area contributed by atoms with E-state index in [4.69, 9.17) is 4.74 Å². The second kappa shape index (κ2) is 5.64. The van der Waals surface area contributed by atoms with Gasteiger partial charge in [-0.05, 0) is 39.2 Å². The summed E-state index contributed by atoms with van der Waals surface area (Å²) in [5, 5.41) is 6.46. The smallest absolute Gasteiger partial charge is 0.225 e. The zero-order valence-electron chi connectivity index (χ0n) is 10.00. The van der Waals surface area contributed by atoms with Crippen LogP contribution in [-0.2, 0) is 9.53 Å². The lowest BCUT2D eigenvalue weighted by atomic mass is 10.0. The number of carbonyl (C=O) groups excluding carboxylic acids is 1. The molecular formula is C12H22N2O2. The molecule has 2 fully saturated rings. The molecule has 2 aliphatic heterocycles. The van der Waals surface area contributed by atoms with Crippen molar-refractivity contribution < 1.29 is 9.53 Å². The SMILES string of the molecule is CC1OCCC1C(=O)NCCC1CCCN1. The van der Waals surface area contributed by atoms with E-state index in [1.54, 1.807) is 0 Å². The van der Waals surface area contributed by atoms with E-state index in [0.717, 1.165) is 32.5 Å². The molecule has 0 aromatic carbocycles. The minimum absolute atomic E-state index is 0.0662. The van der Waals surface area contributed by atoms with Crippen LogP contribution in [0.2, 0.25) is 0 Å². The molecule has 0 saturated carbocycles. The summed E-state index contributed by atoms with van der Waals surface area (Å²) in [6.45, 7) is 4.63. The van der Waals surface area contributed by atoms with Crippen molar-refractivity contribution >= 4 is 5.91 Å². The number of ether oxygens (including phenoxy) is 1. The van der Waals surface area contributed by atoms with Crippen molar-refractivity contribution in [2.75, 3.05) is 19.7 Å². The molecule has 0 aromatic heterocycles. The third-order valence-electron chi connectivity index (χ3n) is 3.67. The topological polar surface area (TPSA) is 50.4 Å². The molecule has 4 heteroatoms. The molecule has 2 rings (SSSR count). The first-order chi connectivity index (χ1) is 7.77. The van der Waals surface area contributed by atoms with E-state index in [0.29, 0.717) is 6.04 Å². The van der Waals surface area contributed by atoms with Gasteiger partial charge in [0.2, 0.25) is 5.91 Å². The van der Waals surface area contributed by atoms with Gasteiger partial charge >= 0.3 is 0 Å². The second-order valence-corrected chi connectivity index (χ2v) is 4.84. The highest BCUT2D eigenvalue weighted by atomic mass is 16.5. The predicted octanol–water partition coefficient (Wildman–Crippen LogP) is 0.670. The summed E-state index contributed by atoms with van der Waals surface area (Å²) in [5.41, 5.74) is 0. The normalized spacial score (nSPS) is 34.2. The molecule has 3 unspecified atom stereocenters. The van der Waals surface area contributed by atoms with Crippen molar-refractivity contribution in [3.05, 3.63) is 0 Å². The van der Waals surface area contributed by atoms with E-state index in [1.165, 1.54) is 12.8 Å². The molecule has 2 N–H and O–H groups in total. The van der Waals surface area contributed by atoms with Crippen LogP contribution in [0, 0.1) is 5.92 Å². The van der Waals surface area contributed by atoms with Gasteiger partial charge in [-0.15, -0.1) is 0 Å². The maximum atomic E-state index is 11.8. The first-order valence-corrected chi connectivity index (χ1v) is 6.40. The molecule has 2 aliphatic rings. The number of rotatable bonds is 4. The molecule has 4 nitrogen and oxygen atoms in total. The van der Waals surface area contributed by atoms with Crippen LogP contribution >= 0.6 is 0 Å². The molecule has 92 valence electrons. The molecule has 16 heavy (non-hydrogen) atoms. The summed E-state index contributed by atoms with van der Waals surface area (Å²) in [6, 6.07) is 0.609. The van der Waals surface area contributed by atoms with Crippen molar-refractivity contribution in [2.45, 2.75) is 44.8 Å². The van der Waals surface area contributed by atoms with Gasteiger partial charge in [-0.1, -0.05) is 0 Å². The van der Waals surface area contributed by atoms with E-state index in [9.17, 15) is 4.79 Å². The van der Waals surface area contributed by atoms with E-state index in [2.05, 4.69) is 10.6 Å². The molecule has 2 saturated heterocycles. The Morgan fingerprint density at radius 1 is 1.50 bits per heavy atom. The van der Waals surface area contributed by atoms with Crippen molar-refractivity contribution in [2.24, 2.45) is 5.92 Å². The third kappa shape index (κ3) is 2.95. The Hall–Kier alpha value is -0.610. The molecule has 3 atom stereocenters. The highest BCUT2D eigenvalue weighted by Crippen LogP contribution is 2.20. The standard InChI is InChI=1S/C12H22N2O2/c1-9-11(5-8-16-9)12(15)14-7-4-10-3-2-6-13-10/h9-11,13H,2-8H2,1H3,(H,14,15). The number of hydrogen-bond acceptors (Lipinski definition) is 3. The van der Waals surface area contributed by atoms with Gasteiger partial charge in [-0.2, -0.15) is 0 Å². The quantitative estimate of drug-likeness (QED) is 0.741. The van der Waals surface area contributed by atoms with Crippen LogP contribution < -0.4 is 10.6 Å². The summed E-state index contributed by atoms with van der Waals surface area (Å²) in [5.74, 6) is 0.236. The molecule has 0 spiro atoms. The molecule has 0 radical (unpaired) electrons. The third-order valence-corrected chi connectivity index (χ3v) is 3.67. The van der Waals surface area contributed by atoms with Crippen molar-refractivity contribution in [1.29, 1.82) is 0 Å². The summed E-state index contributed by atoms with van der Waals surface area (Å²) in [7, 11) is 0. The Morgan fingerprint density at radius 2 is 2.38 bits per heavy atom. The van der Waals surface area contributed by atoms with Gasteiger partial charge in [0.25, 0.3) is 0 Å². The van der Waals surface area contributed by atoms with Crippen LogP contribution in [-0.4, -0.2) is 37.7 Å². The number of hydrogen-bond donors (Lipinski definition) is 2. The van der Waals surface area contributed by atoms with Crippen LogP contribution in [0.15, 0.2) is 0 Å². The van der Waals surface area contributed by atoms with E-state index >= 15 is 0 Å². The van der Waals surface area contributed by atoms with Gasteiger partial charge in [0.15, 0.2) is 0 Å². The Balaban J connectivity index is 1.63. The highest BCUT2D eigenvalue weighted by Gasteiger charge is 2.30. The van der Waals surface area contributed by atoms with Crippen LogP contribution in [0.4, 0.5) is 0 Å². The van der Waals surface area contributed by atoms with Crippen LogP contribution in [0.5, 0.6) is 0 Å². The largest absolute Gasteiger partial charge is 0.378 e. The fourth-order valence-electron chi connectivity index (χ4n) is 2.58. The second-order valence-electron chi connectivity index (χ2n) is 4.84. The van der Waals surface area contributed by atoms with E-state index < -0.39 is 0 Å². The average molecular weight is 226 g/mol. The minimum Gasteiger partial charge on any atom is -0.378 e. The summed E-state index contributed by atoms with van der Waals surface area (Å²) >= 11 is 0. The van der Waals surface area contributed by atoms with E-state index in [-0.39, 0.29) is 17.9 Å².